The van der Waals surface area contributed by atoms with Crippen molar-refractivity contribution in [3.05, 3.63) is 12.2 Å². The lowest BCUT2D eigenvalue weighted by molar-refractivity contribution is -0.138. The highest BCUT2D eigenvalue weighted by Crippen LogP contribution is 2.69. The van der Waals surface area contributed by atoms with Gasteiger partial charge in [-0.25, -0.2) is 0 Å². The Labute approximate surface area is 125 Å². The van der Waals surface area contributed by atoms with E-state index < -0.39 is 0 Å². The fourth-order valence-corrected chi connectivity index (χ4v) is 6.37. The average molecular weight is 272 g/mol. The second kappa shape index (κ2) is 4.89. The third-order valence-electron chi connectivity index (χ3n) is 7.88. The van der Waals surface area contributed by atoms with Crippen LogP contribution in [0.3, 0.4) is 0 Å². The van der Waals surface area contributed by atoms with Crippen molar-refractivity contribution < 1.29 is 0 Å². The second-order valence-electron chi connectivity index (χ2n) is 8.74. The Balaban J connectivity index is 1.47. The zero-order valence-electron chi connectivity index (χ0n) is 13.5. The summed E-state index contributed by atoms with van der Waals surface area (Å²) in [6.45, 7) is 4.78. The molecular weight excluding hydrogens is 240 g/mol. The van der Waals surface area contributed by atoms with Crippen LogP contribution < -0.4 is 0 Å². The summed E-state index contributed by atoms with van der Waals surface area (Å²) in [4.78, 5) is 0. The van der Waals surface area contributed by atoms with Crippen LogP contribution in [0.25, 0.3) is 0 Å². The van der Waals surface area contributed by atoms with Gasteiger partial charge in [-0.15, -0.1) is 0 Å². The summed E-state index contributed by atoms with van der Waals surface area (Å²) in [7, 11) is 0. The van der Waals surface area contributed by atoms with E-state index in [1.807, 2.05) is 0 Å². The monoisotopic (exact) mass is 272 g/mol. The third kappa shape index (κ3) is 1.86. The van der Waals surface area contributed by atoms with Crippen LogP contribution in [0.5, 0.6) is 0 Å². The molecule has 0 saturated heterocycles. The lowest BCUT2D eigenvalue weighted by Crippen LogP contribution is -2.55. The summed E-state index contributed by atoms with van der Waals surface area (Å²) in [6, 6.07) is 0. The van der Waals surface area contributed by atoms with Gasteiger partial charge in [0.2, 0.25) is 0 Å². The highest BCUT2D eigenvalue weighted by molar-refractivity contribution is 5.12. The van der Waals surface area contributed by atoms with Gasteiger partial charge in [-0.3, -0.25) is 0 Å². The van der Waals surface area contributed by atoms with Crippen LogP contribution in [0.15, 0.2) is 12.2 Å². The lowest BCUT2D eigenvalue weighted by atomic mass is 9.41. The molecule has 4 rings (SSSR count). The predicted molar refractivity (Wildman–Crippen MR) is 85.4 cm³/mol. The molecule has 0 heteroatoms. The Kier molecular flexibility index (Phi) is 3.28. The molecular formula is C20H32. The van der Waals surface area contributed by atoms with Crippen molar-refractivity contribution >= 4 is 0 Å². The Morgan fingerprint density at radius 2 is 1.70 bits per heavy atom. The molecule has 4 unspecified atom stereocenters. The van der Waals surface area contributed by atoms with Crippen molar-refractivity contribution in [3.8, 4) is 0 Å². The first-order valence-electron chi connectivity index (χ1n) is 9.39. The van der Waals surface area contributed by atoms with Crippen molar-refractivity contribution in [2.75, 3.05) is 0 Å². The number of hydrogen-bond donors (Lipinski definition) is 0. The maximum absolute atomic E-state index is 2.65. The maximum atomic E-state index is 2.65. The molecule has 4 aliphatic rings. The summed E-state index contributed by atoms with van der Waals surface area (Å²) in [5.41, 5.74) is 0.865. The van der Waals surface area contributed by atoms with Crippen molar-refractivity contribution in [2.45, 2.75) is 71.6 Å². The number of rotatable bonds is 3. The molecule has 0 aliphatic heterocycles. The van der Waals surface area contributed by atoms with Crippen LogP contribution in [0, 0.1) is 40.9 Å². The summed E-state index contributed by atoms with van der Waals surface area (Å²) < 4.78 is 0. The van der Waals surface area contributed by atoms with Crippen LogP contribution in [0.4, 0.5) is 0 Å². The Morgan fingerprint density at radius 3 is 2.20 bits per heavy atom. The van der Waals surface area contributed by atoms with E-state index in [-0.39, 0.29) is 0 Å². The van der Waals surface area contributed by atoms with Crippen molar-refractivity contribution in [1.82, 2.24) is 0 Å². The van der Waals surface area contributed by atoms with Crippen LogP contribution in [-0.2, 0) is 0 Å². The van der Waals surface area contributed by atoms with Crippen molar-refractivity contribution in [3.63, 3.8) is 0 Å². The third-order valence-corrected chi connectivity index (χ3v) is 7.88. The Morgan fingerprint density at radius 1 is 0.900 bits per heavy atom. The zero-order valence-corrected chi connectivity index (χ0v) is 13.5. The Bertz CT molecular complexity index is 383. The summed E-state index contributed by atoms with van der Waals surface area (Å²) in [6.07, 6.45) is 19.1. The fraction of sp³-hybridized carbons (Fsp3) is 0.900. The first-order chi connectivity index (χ1) is 9.71. The highest BCUT2D eigenvalue weighted by Gasteiger charge is 2.60. The maximum Gasteiger partial charge on any atom is -0.0202 e. The van der Waals surface area contributed by atoms with Gasteiger partial charge in [0.15, 0.2) is 0 Å². The molecule has 0 aromatic carbocycles. The molecule has 0 bridgehead atoms. The molecule has 0 spiro atoms. The fourth-order valence-electron chi connectivity index (χ4n) is 6.37. The van der Waals surface area contributed by atoms with Crippen molar-refractivity contribution in [1.29, 1.82) is 0 Å². The number of hydrogen-bond acceptors (Lipinski definition) is 0. The van der Waals surface area contributed by atoms with Crippen LogP contribution >= 0.6 is 0 Å². The van der Waals surface area contributed by atoms with E-state index in [0.717, 1.165) is 40.9 Å². The van der Waals surface area contributed by atoms with E-state index in [9.17, 15) is 0 Å². The van der Waals surface area contributed by atoms with Gasteiger partial charge in [0.25, 0.3) is 0 Å². The topological polar surface area (TPSA) is 0 Å². The molecule has 112 valence electrons. The minimum Gasteiger partial charge on any atom is -0.0849 e. The molecule has 0 aromatic heterocycles. The first kappa shape index (κ1) is 13.4. The molecule has 4 atom stereocenters. The van der Waals surface area contributed by atoms with Gasteiger partial charge < -0.3 is 0 Å². The molecule has 20 heavy (non-hydrogen) atoms. The minimum atomic E-state index is 0.841. The van der Waals surface area contributed by atoms with Gasteiger partial charge in [0.05, 0.1) is 0 Å². The normalized spacial score (nSPS) is 50.6. The second-order valence-corrected chi connectivity index (χ2v) is 8.74. The molecule has 0 nitrogen and oxygen atoms in total. The first-order valence-corrected chi connectivity index (χ1v) is 9.39. The highest BCUT2D eigenvalue weighted by atomic mass is 14.6. The Hall–Kier alpha value is -0.260. The molecule has 0 N–H and O–H groups in total. The number of fused-ring (bicyclic) bond motifs is 1. The largest absolute Gasteiger partial charge is 0.0849 e. The van der Waals surface area contributed by atoms with Gasteiger partial charge in [0, 0.05) is 0 Å². The minimum absolute atomic E-state index is 0.841. The molecule has 0 heterocycles. The molecule has 0 amide bonds. The zero-order chi connectivity index (χ0) is 13.7. The number of allylic oxidation sites excluding steroid dienone is 2. The van der Waals surface area contributed by atoms with Gasteiger partial charge in [-0.2, -0.15) is 0 Å². The summed E-state index contributed by atoms with van der Waals surface area (Å²) in [5, 5.41) is 0. The van der Waals surface area contributed by atoms with E-state index in [4.69, 9.17) is 0 Å². The SMILES string of the molecule is CC(C)C1C=CC(C2CCCC2C23CCC2CC3)CC1. The molecule has 3 saturated carbocycles. The quantitative estimate of drug-likeness (QED) is 0.567. The summed E-state index contributed by atoms with van der Waals surface area (Å²) in [5.74, 6) is 5.97. The van der Waals surface area contributed by atoms with Gasteiger partial charge in [-0.05, 0) is 92.3 Å². The van der Waals surface area contributed by atoms with Gasteiger partial charge >= 0.3 is 0 Å². The van der Waals surface area contributed by atoms with E-state index >= 15 is 0 Å². The van der Waals surface area contributed by atoms with Gasteiger partial charge in [-0.1, -0.05) is 32.4 Å². The van der Waals surface area contributed by atoms with Crippen molar-refractivity contribution in [2.24, 2.45) is 40.9 Å². The molecule has 4 aliphatic carbocycles. The van der Waals surface area contributed by atoms with Crippen LogP contribution in [0.2, 0.25) is 0 Å². The van der Waals surface area contributed by atoms with E-state index in [0.29, 0.717) is 0 Å². The predicted octanol–water partition coefficient (Wildman–Crippen LogP) is 5.83. The summed E-state index contributed by atoms with van der Waals surface area (Å²) >= 11 is 0. The van der Waals surface area contributed by atoms with Crippen LogP contribution in [-0.4, -0.2) is 0 Å². The van der Waals surface area contributed by atoms with E-state index in [1.54, 1.807) is 38.5 Å². The lowest BCUT2D eigenvalue weighted by Gasteiger charge is -2.64. The molecule has 0 aromatic rings. The average Bonchev–Trinajstić information content (AvgIpc) is 2.91. The van der Waals surface area contributed by atoms with Gasteiger partial charge in [0.1, 0.15) is 0 Å². The standard InChI is InChI=1S/C20H32/c1-14(2)15-6-8-16(9-7-15)18-4-3-5-19(18)20-12-10-17(20)11-13-20/h6,8,14-19H,3-5,7,9-13H2,1-2H3. The molecule has 3 fully saturated rings. The van der Waals surface area contributed by atoms with Crippen LogP contribution in [0.1, 0.15) is 71.6 Å². The smallest absolute Gasteiger partial charge is 0.0202 e. The van der Waals surface area contributed by atoms with E-state index in [2.05, 4.69) is 26.0 Å². The van der Waals surface area contributed by atoms with E-state index in [1.165, 1.54) is 19.3 Å². The molecule has 0 radical (unpaired) electrons.